The van der Waals surface area contributed by atoms with Gasteiger partial charge in [0.2, 0.25) is 0 Å². The number of anilines is 1. The van der Waals surface area contributed by atoms with Gasteiger partial charge in [-0.25, -0.2) is 4.79 Å². The van der Waals surface area contributed by atoms with Crippen LogP contribution in [0.15, 0.2) is 17.1 Å². The Balaban J connectivity index is 2.24. The van der Waals surface area contributed by atoms with E-state index in [1.54, 1.807) is 0 Å². The van der Waals surface area contributed by atoms with Gasteiger partial charge in [0.05, 0.1) is 0 Å². The molecular weight excluding hydrogens is 198 g/mol. The molecule has 2 N–H and O–H groups in total. The predicted octanol–water partition coefficient (Wildman–Crippen LogP) is -0.298. The van der Waals surface area contributed by atoms with E-state index in [1.165, 1.54) is 16.8 Å². The molecule has 1 fully saturated rings. The van der Waals surface area contributed by atoms with E-state index in [2.05, 4.69) is 4.98 Å². The van der Waals surface area contributed by atoms with Gasteiger partial charge in [0.25, 0.3) is 0 Å². The fourth-order valence-electron chi connectivity index (χ4n) is 1.59. The molecule has 1 saturated heterocycles. The van der Waals surface area contributed by atoms with Crippen LogP contribution in [-0.4, -0.2) is 21.9 Å². The lowest BCUT2D eigenvalue weighted by atomic mass is 10.2. The molecule has 0 spiro atoms. The average molecular weight is 209 g/mol. The van der Waals surface area contributed by atoms with E-state index in [-0.39, 0.29) is 5.82 Å². The van der Waals surface area contributed by atoms with Crippen molar-refractivity contribution < 1.29 is 9.53 Å². The summed E-state index contributed by atoms with van der Waals surface area (Å²) in [6, 6.07) is 1.53. The van der Waals surface area contributed by atoms with Crippen molar-refractivity contribution in [3.63, 3.8) is 0 Å². The minimum absolute atomic E-state index is 0.182. The molecule has 0 saturated carbocycles. The Morgan fingerprint density at radius 1 is 1.60 bits per heavy atom. The van der Waals surface area contributed by atoms with Crippen molar-refractivity contribution in [1.29, 1.82) is 0 Å². The van der Waals surface area contributed by atoms with Gasteiger partial charge in [-0.05, 0) is 18.9 Å². The smallest absolute Gasteiger partial charge is 0.351 e. The van der Waals surface area contributed by atoms with Crippen LogP contribution in [0.4, 0.5) is 5.82 Å². The molecule has 2 atom stereocenters. The van der Waals surface area contributed by atoms with E-state index < -0.39 is 18.0 Å². The molecule has 0 aromatic carbocycles. The number of nitrogens with zero attached hydrogens (tertiary/aromatic N) is 2. The molecule has 2 heterocycles. The molecule has 1 aliphatic rings. The van der Waals surface area contributed by atoms with Crippen LogP contribution in [0.25, 0.3) is 0 Å². The summed E-state index contributed by atoms with van der Waals surface area (Å²) in [6.07, 6.45) is 2.72. The van der Waals surface area contributed by atoms with Crippen molar-refractivity contribution >= 4 is 12.1 Å². The molecule has 0 bridgehead atoms. The van der Waals surface area contributed by atoms with Gasteiger partial charge >= 0.3 is 5.69 Å². The number of carbonyl (C=O) groups excluding carboxylic acids is 1. The third-order valence-electron chi connectivity index (χ3n) is 2.34. The first-order valence-electron chi connectivity index (χ1n) is 4.66. The molecule has 0 amide bonds. The molecule has 1 aromatic heterocycles. The second-order valence-electron chi connectivity index (χ2n) is 3.38. The van der Waals surface area contributed by atoms with Gasteiger partial charge in [0.15, 0.2) is 0 Å². The topological polar surface area (TPSA) is 87.2 Å². The summed E-state index contributed by atoms with van der Waals surface area (Å²) in [5, 5.41) is 0. The molecule has 0 aliphatic carbocycles. The second kappa shape index (κ2) is 3.82. The first-order chi connectivity index (χ1) is 7.20. The van der Waals surface area contributed by atoms with Crippen molar-refractivity contribution in [2.75, 3.05) is 5.73 Å². The van der Waals surface area contributed by atoms with Gasteiger partial charge in [-0.3, -0.25) is 4.57 Å². The summed E-state index contributed by atoms with van der Waals surface area (Å²) in [7, 11) is 0. The Kier molecular flexibility index (Phi) is 2.51. The summed E-state index contributed by atoms with van der Waals surface area (Å²) >= 11 is 0. The average Bonchev–Trinajstić information content (AvgIpc) is 2.66. The maximum absolute atomic E-state index is 11.4. The molecule has 1 aromatic rings. The molecule has 2 rings (SSSR count). The molecular formula is C9H11N3O3. The van der Waals surface area contributed by atoms with Gasteiger partial charge in [-0.2, -0.15) is 4.98 Å². The molecule has 0 radical (unpaired) electrons. The normalized spacial score (nSPS) is 25.3. The second-order valence-corrected chi connectivity index (χ2v) is 3.38. The third kappa shape index (κ3) is 1.89. The highest BCUT2D eigenvalue weighted by atomic mass is 16.5. The van der Waals surface area contributed by atoms with Crippen molar-refractivity contribution in [3.05, 3.63) is 22.7 Å². The number of nitrogens with two attached hydrogens (primary N) is 1. The molecule has 6 nitrogen and oxygen atoms in total. The SMILES string of the molecule is Nc1ccn([C@H]2CC[C@@H](C=O)O2)c(=O)n1. The van der Waals surface area contributed by atoms with Gasteiger partial charge < -0.3 is 15.3 Å². The number of aldehydes is 1. The van der Waals surface area contributed by atoms with Crippen LogP contribution >= 0.6 is 0 Å². The van der Waals surface area contributed by atoms with Crippen LogP contribution in [0.1, 0.15) is 19.1 Å². The number of nitrogen functional groups attached to an aromatic ring is 1. The summed E-state index contributed by atoms with van der Waals surface area (Å²) in [6.45, 7) is 0. The highest BCUT2D eigenvalue weighted by molar-refractivity contribution is 5.56. The van der Waals surface area contributed by atoms with E-state index in [0.29, 0.717) is 12.8 Å². The van der Waals surface area contributed by atoms with Crippen LogP contribution in [0.2, 0.25) is 0 Å². The molecule has 1 aliphatic heterocycles. The van der Waals surface area contributed by atoms with Crippen LogP contribution in [-0.2, 0) is 9.53 Å². The standard InChI is InChI=1S/C9H11N3O3/c10-7-3-4-12(9(14)11-7)8-2-1-6(5-13)15-8/h3-6,8H,1-2H2,(H2,10,11,14)/t6-,8+/m0/s1. The van der Waals surface area contributed by atoms with Gasteiger partial charge in [0.1, 0.15) is 24.4 Å². The van der Waals surface area contributed by atoms with E-state index >= 15 is 0 Å². The summed E-state index contributed by atoms with van der Waals surface area (Å²) < 4.78 is 6.68. The van der Waals surface area contributed by atoms with Gasteiger partial charge in [0, 0.05) is 6.20 Å². The number of hydrogen-bond acceptors (Lipinski definition) is 5. The fraction of sp³-hybridized carbons (Fsp3) is 0.444. The van der Waals surface area contributed by atoms with Crippen LogP contribution in [0.5, 0.6) is 0 Å². The van der Waals surface area contributed by atoms with Crippen LogP contribution in [0.3, 0.4) is 0 Å². The molecule has 0 unspecified atom stereocenters. The first-order valence-corrected chi connectivity index (χ1v) is 4.66. The summed E-state index contributed by atoms with van der Waals surface area (Å²) in [4.78, 5) is 25.5. The highest BCUT2D eigenvalue weighted by Gasteiger charge is 2.26. The molecule has 80 valence electrons. The first kappa shape index (κ1) is 9.85. The van der Waals surface area contributed by atoms with Crippen molar-refractivity contribution in [1.82, 2.24) is 9.55 Å². The van der Waals surface area contributed by atoms with Crippen molar-refractivity contribution in [2.24, 2.45) is 0 Å². The lowest BCUT2D eigenvalue weighted by Gasteiger charge is -2.12. The summed E-state index contributed by atoms with van der Waals surface area (Å²) in [5.74, 6) is 0.182. The quantitative estimate of drug-likeness (QED) is 0.676. The Hall–Kier alpha value is -1.69. The minimum Gasteiger partial charge on any atom is -0.383 e. The fourth-order valence-corrected chi connectivity index (χ4v) is 1.59. The van der Waals surface area contributed by atoms with E-state index in [1.807, 2.05) is 0 Å². The van der Waals surface area contributed by atoms with Gasteiger partial charge in [-0.15, -0.1) is 0 Å². The number of ether oxygens (including phenoxy) is 1. The maximum Gasteiger partial charge on any atom is 0.351 e. The monoisotopic (exact) mass is 209 g/mol. The summed E-state index contributed by atoms with van der Waals surface area (Å²) in [5.41, 5.74) is 4.91. The Labute approximate surface area is 85.7 Å². The highest BCUT2D eigenvalue weighted by Crippen LogP contribution is 2.25. The van der Waals surface area contributed by atoms with Gasteiger partial charge in [-0.1, -0.05) is 0 Å². The van der Waals surface area contributed by atoms with Crippen molar-refractivity contribution in [3.8, 4) is 0 Å². The third-order valence-corrected chi connectivity index (χ3v) is 2.34. The lowest BCUT2D eigenvalue weighted by molar-refractivity contribution is -0.119. The zero-order valence-corrected chi connectivity index (χ0v) is 8.00. The van der Waals surface area contributed by atoms with Crippen LogP contribution < -0.4 is 11.4 Å². The zero-order chi connectivity index (χ0) is 10.8. The van der Waals surface area contributed by atoms with E-state index in [4.69, 9.17) is 10.5 Å². The largest absolute Gasteiger partial charge is 0.383 e. The Morgan fingerprint density at radius 2 is 2.40 bits per heavy atom. The minimum atomic E-state index is -0.452. The maximum atomic E-state index is 11.4. The zero-order valence-electron chi connectivity index (χ0n) is 8.00. The Bertz CT molecular complexity index is 429. The Morgan fingerprint density at radius 3 is 3.00 bits per heavy atom. The molecule has 15 heavy (non-hydrogen) atoms. The number of rotatable bonds is 2. The van der Waals surface area contributed by atoms with E-state index in [0.717, 1.165) is 6.29 Å². The number of hydrogen-bond donors (Lipinski definition) is 1. The predicted molar refractivity (Wildman–Crippen MR) is 52.1 cm³/mol. The lowest BCUT2D eigenvalue weighted by Crippen LogP contribution is -2.27. The molecule has 6 heteroatoms. The van der Waals surface area contributed by atoms with Crippen LogP contribution in [0, 0.1) is 0 Å². The number of aromatic nitrogens is 2. The van der Waals surface area contributed by atoms with Crippen molar-refractivity contribution in [2.45, 2.75) is 25.2 Å². The van der Waals surface area contributed by atoms with E-state index in [9.17, 15) is 9.59 Å². The number of carbonyl (C=O) groups is 1.